The van der Waals surface area contributed by atoms with Crippen LogP contribution in [0, 0.1) is 17.2 Å². The molecule has 5 nitrogen and oxygen atoms in total. The second kappa shape index (κ2) is 7.81. The van der Waals surface area contributed by atoms with Crippen molar-refractivity contribution in [3.8, 4) is 6.07 Å². The van der Waals surface area contributed by atoms with Crippen LogP contribution in [0.1, 0.15) is 38.5 Å². The van der Waals surface area contributed by atoms with Crippen LogP contribution in [0.2, 0.25) is 0 Å². The van der Waals surface area contributed by atoms with Gasteiger partial charge in [0, 0.05) is 6.42 Å². The van der Waals surface area contributed by atoms with Gasteiger partial charge in [0.05, 0.1) is 17.5 Å². The highest BCUT2D eigenvalue weighted by molar-refractivity contribution is 7.92. The van der Waals surface area contributed by atoms with E-state index in [2.05, 4.69) is 9.99 Å². The van der Waals surface area contributed by atoms with Gasteiger partial charge in [-0.1, -0.05) is 5.16 Å². The van der Waals surface area contributed by atoms with Gasteiger partial charge in [-0.2, -0.15) is 18.4 Å². The van der Waals surface area contributed by atoms with Crippen molar-refractivity contribution in [2.24, 2.45) is 11.1 Å². The molecule has 0 radical (unpaired) electrons. The van der Waals surface area contributed by atoms with E-state index in [9.17, 15) is 21.6 Å². The SMILES string of the molecule is CON=C1CCC(C(C#N)S(=O)(=O)CCCC(F)(F)F)CC1. The van der Waals surface area contributed by atoms with Crippen molar-refractivity contribution in [2.75, 3.05) is 12.9 Å². The Morgan fingerprint density at radius 3 is 2.45 bits per heavy atom. The molecule has 1 rings (SSSR count). The molecular weight excluding hydrogens is 321 g/mol. The second-order valence-corrected chi connectivity index (χ2v) is 7.55. The van der Waals surface area contributed by atoms with Crippen molar-refractivity contribution in [1.29, 1.82) is 5.26 Å². The Balaban J connectivity index is 2.63. The van der Waals surface area contributed by atoms with Crippen molar-refractivity contribution < 1.29 is 26.4 Å². The molecule has 1 saturated carbocycles. The Morgan fingerprint density at radius 2 is 2.00 bits per heavy atom. The summed E-state index contributed by atoms with van der Waals surface area (Å²) in [4.78, 5) is 4.65. The van der Waals surface area contributed by atoms with Crippen LogP contribution in [0.25, 0.3) is 0 Å². The summed E-state index contributed by atoms with van der Waals surface area (Å²) >= 11 is 0. The van der Waals surface area contributed by atoms with Crippen LogP contribution < -0.4 is 0 Å². The largest absolute Gasteiger partial charge is 0.399 e. The zero-order chi connectivity index (χ0) is 16.8. The minimum absolute atomic E-state index is 0.364. The fourth-order valence-corrected chi connectivity index (χ4v) is 4.40. The predicted octanol–water partition coefficient (Wildman–Crippen LogP) is 2.83. The molecule has 1 fully saturated rings. The van der Waals surface area contributed by atoms with E-state index in [1.54, 1.807) is 6.07 Å². The molecular formula is C13H19F3N2O3S. The number of hydrogen-bond acceptors (Lipinski definition) is 5. The molecule has 1 aliphatic rings. The van der Waals surface area contributed by atoms with Gasteiger partial charge in [0.2, 0.25) is 0 Å². The topological polar surface area (TPSA) is 79.5 Å². The van der Waals surface area contributed by atoms with Crippen LogP contribution in [-0.2, 0) is 14.7 Å². The molecule has 0 amide bonds. The lowest BCUT2D eigenvalue weighted by molar-refractivity contribution is -0.134. The Morgan fingerprint density at radius 1 is 1.41 bits per heavy atom. The normalized spacial score (nSPS) is 21.0. The highest BCUT2D eigenvalue weighted by atomic mass is 32.2. The number of nitriles is 1. The number of alkyl halides is 3. The van der Waals surface area contributed by atoms with E-state index in [1.165, 1.54) is 7.11 Å². The lowest BCUT2D eigenvalue weighted by atomic mass is 9.86. The van der Waals surface area contributed by atoms with E-state index in [0.29, 0.717) is 25.7 Å². The Labute approximate surface area is 128 Å². The molecule has 0 aromatic rings. The third kappa shape index (κ3) is 5.83. The minimum Gasteiger partial charge on any atom is -0.399 e. The van der Waals surface area contributed by atoms with E-state index >= 15 is 0 Å². The quantitative estimate of drug-likeness (QED) is 0.697. The Bertz CT molecular complexity index is 528. The Kier molecular flexibility index (Phi) is 6.66. The summed E-state index contributed by atoms with van der Waals surface area (Å²) in [5.74, 6) is -0.975. The standard InChI is InChI=1S/C13H19F3N2O3S/c1-21-18-11-5-3-10(4-6-11)12(9-17)22(19,20)8-2-7-13(14,15)16/h10,12H,2-8H2,1H3. The third-order valence-electron chi connectivity index (χ3n) is 3.66. The van der Waals surface area contributed by atoms with Crippen LogP contribution in [0.5, 0.6) is 0 Å². The van der Waals surface area contributed by atoms with Crippen molar-refractivity contribution in [2.45, 2.75) is 50.0 Å². The van der Waals surface area contributed by atoms with Crippen molar-refractivity contribution in [3.05, 3.63) is 0 Å². The van der Waals surface area contributed by atoms with Crippen LogP contribution in [0.3, 0.4) is 0 Å². The summed E-state index contributed by atoms with van der Waals surface area (Å²) in [7, 11) is -2.44. The molecule has 126 valence electrons. The van der Waals surface area contributed by atoms with Crippen LogP contribution >= 0.6 is 0 Å². The average molecular weight is 340 g/mol. The van der Waals surface area contributed by atoms with Crippen molar-refractivity contribution >= 4 is 15.5 Å². The molecule has 0 bridgehead atoms. The number of rotatable bonds is 6. The van der Waals surface area contributed by atoms with Gasteiger partial charge in [-0.05, 0) is 38.0 Å². The van der Waals surface area contributed by atoms with Gasteiger partial charge < -0.3 is 4.84 Å². The van der Waals surface area contributed by atoms with E-state index < -0.39 is 39.9 Å². The number of oxime groups is 1. The lowest BCUT2D eigenvalue weighted by Crippen LogP contribution is -2.33. The first-order valence-electron chi connectivity index (χ1n) is 6.96. The molecule has 22 heavy (non-hydrogen) atoms. The predicted molar refractivity (Wildman–Crippen MR) is 74.9 cm³/mol. The molecule has 0 N–H and O–H groups in total. The molecule has 0 spiro atoms. The average Bonchev–Trinajstić information content (AvgIpc) is 2.39. The van der Waals surface area contributed by atoms with Gasteiger partial charge in [-0.25, -0.2) is 8.42 Å². The first-order chi connectivity index (χ1) is 10.2. The van der Waals surface area contributed by atoms with Gasteiger partial charge in [0.25, 0.3) is 0 Å². The molecule has 1 aliphatic carbocycles. The molecule has 0 saturated heterocycles. The number of halogens is 3. The fourth-order valence-electron chi connectivity index (χ4n) is 2.58. The van der Waals surface area contributed by atoms with E-state index in [1.807, 2.05) is 0 Å². The summed E-state index contributed by atoms with van der Waals surface area (Å²) in [5, 5.41) is 11.7. The van der Waals surface area contributed by atoms with E-state index in [4.69, 9.17) is 5.26 Å². The molecule has 1 unspecified atom stereocenters. The maximum absolute atomic E-state index is 12.1. The monoisotopic (exact) mass is 340 g/mol. The Hall–Kier alpha value is -1.30. The second-order valence-electron chi connectivity index (χ2n) is 5.31. The summed E-state index contributed by atoms with van der Waals surface area (Å²) in [5.41, 5.74) is 0.810. The number of hydrogen-bond donors (Lipinski definition) is 0. The zero-order valence-corrected chi connectivity index (χ0v) is 13.1. The van der Waals surface area contributed by atoms with Crippen LogP contribution in [0.4, 0.5) is 13.2 Å². The summed E-state index contributed by atoms with van der Waals surface area (Å²) < 4.78 is 60.5. The molecule has 0 heterocycles. The molecule has 1 atom stereocenters. The fraction of sp³-hybridized carbons (Fsp3) is 0.846. The highest BCUT2D eigenvalue weighted by Gasteiger charge is 2.36. The maximum atomic E-state index is 12.1. The molecule has 9 heteroatoms. The molecule has 0 aromatic heterocycles. The third-order valence-corrected chi connectivity index (χ3v) is 5.78. The van der Waals surface area contributed by atoms with Crippen LogP contribution in [0.15, 0.2) is 5.16 Å². The molecule has 0 aliphatic heterocycles. The molecule has 0 aromatic carbocycles. The van der Waals surface area contributed by atoms with Gasteiger partial charge in [0.1, 0.15) is 7.11 Å². The summed E-state index contributed by atoms with van der Waals surface area (Å²) in [6, 6.07) is 1.77. The van der Waals surface area contributed by atoms with Gasteiger partial charge in [-0.15, -0.1) is 0 Å². The summed E-state index contributed by atoms with van der Waals surface area (Å²) in [6.45, 7) is 0. The number of nitrogens with zero attached hydrogens (tertiary/aromatic N) is 2. The van der Waals surface area contributed by atoms with Crippen molar-refractivity contribution in [3.63, 3.8) is 0 Å². The highest BCUT2D eigenvalue weighted by Crippen LogP contribution is 2.30. The zero-order valence-electron chi connectivity index (χ0n) is 12.3. The minimum atomic E-state index is -4.38. The maximum Gasteiger partial charge on any atom is 0.389 e. The summed E-state index contributed by atoms with van der Waals surface area (Å²) in [6.07, 6.45) is -4.03. The van der Waals surface area contributed by atoms with Gasteiger partial charge >= 0.3 is 6.18 Å². The smallest absolute Gasteiger partial charge is 0.389 e. The van der Waals surface area contributed by atoms with Crippen LogP contribution in [-0.4, -0.2) is 38.4 Å². The first kappa shape index (κ1) is 18.7. The van der Waals surface area contributed by atoms with Crippen molar-refractivity contribution in [1.82, 2.24) is 0 Å². The lowest BCUT2D eigenvalue weighted by Gasteiger charge is -2.26. The van der Waals surface area contributed by atoms with Gasteiger partial charge in [-0.3, -0.25) is 0 Å². The first-order valence-corrected chi connectivity index (χ1v) is 8.68. The van der Waals surface area contributed by atoms with E-state index in [-0.39, 0.29) is 5.92 Å². The van der Waals surface area contributed by atoms with E-state index in [0.717, 1.165) is 5.71 Å². The van der Waals surface area contributed by atoms with Gasteiger partial charge in [0.15, 0.2) is 15.1 Å². The number of sulfone groups is 1.